The van der Waals surface area contributed by atoms with E-state index in [9.17, 15) is 4.79 Å². The summed E-state index contributed by atoms with van der Waals surface area (Å²) in [5.74, 6) is 1.50. The molecule has 0 spiro atoms. The van der Waals surface area contributed by atoms with Gasteiger partial charge < -0.3 is 15.0 Å². The maximum absolute atomic E-state index is 12.6. The summed E-state index contributed by atoms with van der Waals surface area (Å²) in [6, 6.07) is 1.84. The summed E-state index contributed by atoms with van der Waals surface area (Å²) < 4.78 is 5.16. The van der Waals surface area contributed by atoms with Crippen LogP contribution in [-0.4, -0.2) is 44.1 Å². The van der Waals surface area contributed by atoms with Gasteiger partial charge in [0.05, 0.1) is 12.0 Å². The van der Waals surface area contributed by atoms with Crippen LogP contribution in [0, 0.1) is 5.92 Å². The van der Waals surface area contributed by atoms with Crippen LogP contribution >= 0.6 is 11.3 Å². The zero-order valence-electron chi connectivity index (χ0n) is 12.4. The monoisotopic (exact) mass is 296 g/mol. The summed E-state index contributed by atoms with van der Waals surface area (Å²) in [6.45, 7) is 5.95. The third-order valence-corrected chi connectivity index (χ3v) is 4.58. The molecule has 0 saturated carbocycles. The highest BCUT2D eigenvalue weighted by atomic mass is 32.1. The van der Waals surface area contributed by atoms with Crippen molar-refractivity contribution in [2.24, 2.45) is 5.92 Å². The molecular weight excluding hydrogens is 272 g/mol. The molecule has 0 radical (unpaired) electrons. The van der Waals surface area contributed by atoms with Gasteiger partial charge in [-0.25, -0.2) is 0 Å². The van der Waals surface area contributed by atoms with E-state index in [4.69, 9.17) is 4.74 Å². The molecule has 20 heavy (non-hydrogen) atoms. The minimum absolute atomic E-state index is 0.144. The highest BCUT2D eigenvalue weighted by molar-refractivity contribution is 7.12. The molecule has 4 nitrogen and oxygen atoms in total. The first-order valence-electron chi connectivity index (χ1n) is 7.37. The van der Waals surface area contributed by atoms with Crippen molar-refractivity contribution in [2.45, 2.75) is 26.2 Å². The molecule has 5 heteroatoms. The maximum atomic E-state index is 12.6. The lowest BCUT2D eigenvalue weighted by molar-refractivity contribution is 0.0723. The van der Waals surface area contributed by atoms with Gasteiger partial charge in [0, 0.05) is 24.5 Å². The number of piperidine rings is 1. The van der Waals surface area contributed by atoms with Crippen LogP contribution in [0.5, 0.6) is 5.75 Å². The number of hydrogen-bond acceptors (Lipinski definition) is 4. The van der Waals surface area contributed by atoms with Crippen molar-refractivity contribution in [3.63, 3.8) is 0 Å². The Morgan fingerprint density at radius 2 is 2.45 bits per heavy atom. The van der Waals surface area contributed by atoms with Crippen molar-refractivity contribution in [3.05, 3.63) is 16.3 Å². The van der Waals surface area contributed by atoms with E-state index in [0.29, 0.717) is 5.92 Å². The molecule has 0 aromatic carbocycles. The van der Waals surface area contributed by atoms with E-state index in [1.165, 1.54) is 24.2 Å². The van der Waals surface area contributed by atoms with Gasteiger partial charge in [0.2, 0.25) is 0 Å². The van der Waals surface area contributed by atoms with Gasteiger partial charge in [0.1, 0.15) is 5.75 Å². The number of nitrogens with one attached hydrogen (secondary N) is 1. The van der Waals surface area contributed by atoms with Gasteiger partial charge in [-0.2, -0.15) is 0 Å². The second-order valence-corrected chi connectivity index (χ2v) is 6.23. The number of ether oxygens (including phenoxy) is 1. The van der Waals surface area contributed by atoms with Crippen LogP contribution in [-0.2, 0) is 0 Å². The molecule has 2 heterocycles. The summed E-state index contributed by atoms with van der Waals surface area (Å²) >= 11 is 1.47. The Morgan fingerprint density at radius 3 is 3.05 bits per heavy atom. The van der Waals surface area contributed by atoms with E-state index < -0.39 is 0 Å². The van der Waals surface area contributed by atoms with E-state index in [1.54, 1.807) is 7.11 Å². The van der Waals surface area contributed by atoms with Crippen LogP contribution in [0.3, 0.4) is 0 Å². The van der Waals surface area contributed by atoms with E-state index in [2.05, 4.69) is 12.2 Å². The first-order chi connectivity index (χ1) is 9.74. The molecule has 1 atom stereocenters. The van der Waals surface area contributed by atoms with Crippen LogP contribution in [0.4, 0.5) is 0 Å². The fourth-order valence-electron chi connectivity index (χ4n) is 2.63. The van der Waals surface area contributed by atoms with Crippen molar-refractivity contribution >= 4 is 17.2 Å². The molecule has 0 bridgehead atoms. The lowest BCUT2D eigenvalue weighted by atomic mass is 9.99. The van der Waals surface area contributed by atoms with Crippen LogP contribution < -0.4 is 10.1 Å². The molecule has 112 valence electrons. The van der Waals surface area contributed by atoms with Crippen molar-refractivity contribution in [1.82, 2.24) is 10.2 Å². The maximum Gasteiger partial charge on any atom is 0.264 e. The number of nitrogens with zero attached hydrogens (tertiary/aromatic N) is 1. The molecule has 2 rings (SSSR count). The normalized spacial score (nSPS) is 18.8. The predicted molar refractivity (Wildman–Crippen MR) is 82.7 cm³/mol. The lowest BCUT2D eigenvalue weighted by Crippen LogP contribution is -2.41. The largest absolute Gasteiger partial charge is 0.496 e. The Bertz CT molecular complexity index is 427. The SMILES string of the molecule is CCCN(CC1CCCNC1)C(=O)c1cc(OC)cs1. The van der Waals surface area contributed by atoms with Crippen LogP contribution in [0.2, 0.25) is 0 Å². The molecule has 1 aromatic rings. The average molecular weight is 296 g/mol. The predicted octanol–water partition coefficient (Wildman–Crippen LogP) is 2.61. The highest BCUT2D eigenvalue weighted by Crippen LogP contribution is 2.23. The fraction of sp³-hybridized carbons (Fsp3) is 0.667. The van der Waals surface area contributed by atoms with Crippen LogP contribution in [0.15, 0.2) is 11.4 Å². The Hall–Kier alpha value is -1.07. The second-order valence-electron chi connectivity index (χ2n) is 5.31. The number of methoxy groups -OCH3 is 1. The van der Waals surface area contributed by atoms with E-state index in [0.717, 1.165) is 43.2 Å². The molecule has 0 aliphatic carbocycles. The number of rotatable bonds is 6. The van der Waals surface area contributed by atoms with Crippen molar-refractivity contribution in [1.29, 1.82) is 0 Å². The smallest absolute Gasteiger partial charge is 0.264 e. The summed E-state index contributed by atoms with van der Waals surface area (Å²) in [4.78, 5) is 15.4. The quantitative estimate of drug-likeness (QED) is 0.877. The topological polar surface area (TPSA) is 41.6 Å². The van der Waals surface area contributed by atoms with E-state index in [1.807, 2.05) is 16.3 Å². The molecule has 1 aromatic heterocycles. The Morgan fingerprint density at radius 1 is 1.60 bits per heavy atom. The van der Waals surface area contributed by atoms with Crippen LogP contribution in [0.1, 0.15) is 35.9 Å². The van der Waals surface area contributed by atoms with Gasteiger partial charge in [-0.05, 0) is 38.3 Å². The molecule has 1 aliphatic heterocycles. The summed E-state index contributed by atoms with van der Waals surface area (Å²) in [6.07, 6.45) is 3.42. The minimum atomic E-state index is 0.144. The van der Waals surface area contributed by atoms with Gasteiger partial charge in [-0.15, -0.1) is 11.3 Å². The zero-order valence-corrected chi connectivity index (χ0v) is 13.2. The van der Waals surface area contributed by atoms with Gasteiger partial charge in [0.25, 0.3) is 5.91 Å². The van der Waals surface area contributed by atoms with Crippen molar-refractivity contribution in [3.8, 4) is 5.75 Å². The molecule has 1 fully saturated rings. The Kier molecular flexibility index (Phi) is 5.86. The number of thiophene rings is 1. The molecular formula is C15H24N2O2S. The van der Waals surface area contributed by atoms with E-state index >= 15 is 0 Å². The number of carbonyl (C=O) groups excluding carboxylic acids is 1. The van der Waals surface area contributed by atoms with Crippen molar-refractivity contribution < 1.29 is 9.53 Å². The van der Waals surface area contributed by atoms with Gasteiger partial charge in [-0.3, -0.25) is 4.79 Å². The first kappa shape index (κ1) is 15.3. The molecule has 1 unspecified atom stereocenters. The summed E-state index contributed by atoms with van der Waals surface area (Å²) in [5.41, 5.74) is 0. The summed E-state index contributed by atoms with van der Waals surface area (Å²) in [7, 11) is 1.63. The zero-order chi connectivity index (χ0) is 14.4. The van der Waals surface area contributed by atoms with Gasteiger partial charge in [0.15, 0.2) is 0 Å². The highest BCUT2D eigenvalue weighted by Gasteiger charge is 2.22. The fourth-order valence-corrected chi connectivity index (χ4v) is 3.45. The molecule has 1 saturated heterocycles. The first-order valence-corrected chi connectivity index (χ1v) is 8.25. The third kappa shape index (κ3) is 3.96. The Balaban J connectivity index is 2.00. The summed E-state index contributed by atoms with van der Waals surface area (Å²) in [5, 5.41) is 5.31. The number of amides is 1. The van der Waals surface area contributed by atoms with Crippen molar-refractivity contribution in [2.75, 3.05) is 33.3 Å². The number of hydrogen-bond donors (Lipinski definition) is 1. The minimum Gasteiger partial charge on any atom is -0.496 e. The lowest BCUT2D eigenvalue weighted by Gasteiger charge is -2.29. The van der Waals surface area contributed by atoms with Gasteiger partial charge >= 0.3 is 0 Å². The molecule has 1 N–H and O–H groups in total. The van der Waals surface area contributed by atoms with Crippen LogP contribution in [0.25, 0.3) is 0 Å². The standard InChI is InChI=1S/C15H24N2O2S/c1-3-7-17(10-12-5-4-6-16-9-12)15(18)14-8-13(19-2)11-20-14/h8,11-12,16H,3-7,9-10H2,1-2H3. The second kappa shape index (κ2) is 7.64. The molecule has 1 aliphatic rings. The Labute approximate surface area is 125 Å². The average Bonchev–Trinajstić information content (AvgIpc) is 2.96. The van der Waals surface area contributed by atoms with Gasteiger partial charge in [-0.1, -0.05) is 6.92 Å². The molecule has 1 amide bonds. The van der Waals surface area contributed by atoms with E-state index in [-0.39, 0.29) is 5.91 Å². The number of carbonyl (C=O) groups is 1. The third-order valence-electron chi connectivity index (χ3n) is 3.68.